The van der Waals surface area contributed by atoms with E-state index in [1.54, 1.807) is 74.4 Å². The van der Waals surface area contributed by atoms with Crippen molar-refractivity contribution in [3.63, 3.8) is 0 Å². The van der Waals surface area contributed by atoms with Crippen molar-refractivity contribution in [2.24, 2.45) is 0 Å². The molecule has 0 aliphatic rings. The molecule has 0 aliphatic carbocycles. The number of nitrogens with zero attached hydrogens (tertiary/aromatic N) is 12. The van der Waals surface area contributed by atoms with Crippen LogP contribution in [0, 0.1) is 41.5 Å². The van der Waals surface area contributed by atoms with Gasteiger partial charge in [-0.2, -0.15) is 0 Å². The van der Waals surface area contributed by atoms with Crippen molar-refractivity contribution in [2.75, 3.05) is 0 Å². The molecule has 0 fully saturated rings. The first kappa shape index (κ1) is 78.8. The van der Waals surface area contributed by atoms with Gasteiger partial charge >= 0.3 is 0 Å². The Hall–Kier alpha value is -15.1. The molecule has 0 radical (unpaired) electrons. The van der Waals surface area contributed by atoms with E-state index < -0.39 is 0 Å². The molecule has 120 heavy (non-hydrogen) atoms. The third-order valence-corrected chi connectivity index (χ3v) is 19.3. The third-order valence-electron chi connectivity index (χ3n) is 19.3. The zero-order valence-electron chi connectivity index (χ0n) is 67.1. The summed E-state index contributed by atoms with van der Waals surface area (Å²) in [5, 5.41) is 0. The Kier molecular flexibility index (Phi) is 24.7. The van der Waals surface area contributed by atoms with Crippen LogP contribution >= 0.6 is 0 Å². The highest BCUT2D eigenvalue weighted by atomic mass is 16.5. The summed E-state index contributed by atoms with van der Waals surface area (Å²) in [6, 6.07) is 70.2. The monoisotopic (exact) mass is 1580 g/mol. The quantitative estimate of drug-likeness (QED) is 0.0371. The Morgan fingerprint density at radius 3 is 0.417 bits per heavy atom. The van der Waals surface area contributed by atoms with Crippen molar-refractivity contribution < 1.29 is 42.6 Å². The summed E-state index contributed by atoms with van der Waals surface area (Å²) < 4.78 is 60.6. The van der Waals surface area contributed by atoms with Crippen LogP contribution in [0.5, 0.6) is 51.7 Å². The fourth-order valence-corrected chi connectivity index (χ4v) is 13.2. The first-order valence-electron chi connectivity index (χ1n) is 39.2. The molecule has 12 heterocycles. The summed E-state index contributed by atoms with van der Waals surface area (Å²) in [7, 11) is 0. The lowest BCUT2D eigenvalue weighted by Crippen LogP contribution is -2.04. The zero-order chi connectivity index (χ0) is 81.9. The molecule has 0 aliphatic heterocycles. The van der Waals surface area contributed by atoms with E-state index in [2.05, 4.69) is 59.8 Å². The highest BCUT2D eigenvalue weighted by molar-refractivity contribution is 5.61. The van der Waals surface area contributed by atoms with Gasteiger partial charge in [0.25, 0.3) is 0 Å². The molecule has 16 rings (SSSR count). The minimum Gasteiger partial charge on any atom is -0.489 e. The van der Waals surface area contributed by atoms with Gasteiger partial charge in [0.1, 0.15) is 111 Å². The van der Waals surface area contributed by atoms with Crippen molar-refractivity contribution >= 4 is 0 Å². The Morgan fingerprint density at radius 2 is 0.267 bits per heavy atom. The summed E-state index contributed by atoms with van der Waals surface area (Å²) in [5.74, 6) is 4.61. The third kappa shape index (κ3) is 21.7. The molecular formula is C99H84N12O9. The second-order valence-electron chi connectivity index (χ2n) is 29.3. The minimum absolute atomic E-state index is 0.0649. The maximum atomic E-state index is 6.89. The highest BCUT2D eigenvalue weighted by Gasteiger charge is 2.17. The molecule has 0 saturated carbocycles. The van der Waals surface area contributed by atoms with Crippen LogP contribution in [0.2, 0.25) is 0 Å². The molecule has 0 spiro atoms. The molecule has 12 aromatic heterocycles. The summed E-state index contributed by atoms with van der Waals surface area (Å²) in [5.41, 5.74) is 23.1. The van der Waals surface area contributed by atoms with E-state index in [4.69, 9.17) is 42.6 Å². The second kappa shape index (κ2) is 37.7. The van der Waals surface area contributed by atoms with Crippen molar-refractivity contribution in [3.05, 3.63) is 376 Å². The summed E-state index contributed by atoms with van der Waals surface area (Å²) in [6.45, 7) is 13.7. The van der Waals surface area contributed by atoms with Crippen LogP contribution < -0.4 is 42.6 Å². The molecule has 0 bridgehead atoms. The van der Waals surface area contributed by atoms with E-state index in [0.29, 0.717) is 51.7 Å². The first-order chi connectivity index (χ1) is 58.7. The Balaban J connectivity index is 0.714. The maximum absolute atomic E-state index is 6.89. The van der Waals surface area contributed by atoms with Crippen LogP contribution in [0.4, 0.5) is 0 Å². The molecule has 0 N–H and O–H groups in total. The number of ether oxygens (including phenoxy) is 9. The molecular weight excluding hydrogens is 1500 g/mol. The fourth-order valence-electron chi connectivity index (χ4n) is 13.2. The van der Waals surface area contributed by atoms with Crippen molar-refractivity contribution in [1.29, 1.82) is 0 Å². The smallest absolute Gasteiger partial charge is 0.127 e. The van der Waals surface area contributed by atoms with E-state index in [1.165, 1.54) is 0 Å². The van der Waals surface area contributed by atoms with Gasteiger partial charge < -0.3 is 42.6 Å². The van der Waals surface area contributed by atoms with Crippen LogP contribution in [-0.4, -0.2) is 59.8 Å². The summed E-state index contributed by atoms with van der Waals surface area (Å²) in [6.07, 6.45) is 21.3. The average Bonchev–Trinajstić information content (AvgIpc) is 0.742. The van der Waals surface area contributed by atoms with Crippen LogP contribution in [0.3, 0.4) is 0 Å². The lowest BCUT2D eigenvalue weighted by molar-refractivity contribution is 0.266. The molecule has 4 aromatic carbocycles. The Labute approximate surface area is 695 Å². The van der Waals surface area contributed by atoms with Gasteiger partial charge in [0.15, 0.2) is 0 Å². The molecule has 0 amide bonds. The molecule has 16 aromatic rings. The van der Waals surface area contributed by atoms with Crippen LogP contribution in [0.25, 0.3) is 68.3 Å². The van der Waals surface area contributed by atoms with Crippen molar-refractivity contribution in [1.82, 2.24) is 59.8 Å². The zero-order valence-corrected chi connectivity index (χ0v) is 67.1. The number of benzene rings is 4. The van der Waals surface area contributed by atoms with Gasteiger partial charge in [-0.25, -0.2) is 0 Å². The van der Waals surface area contributed by atoms with E-state index >= 15 is 0 Å². The van der Waals surface area contributed by atoms with E-state index in [0.717, 1.165) is 152 Å². The number of aryl methyl sites for hydroxylation is 6. The number of aromatic nitrogens is 12. The highest BCUT2D eigenvalue weighted by Crippen LogP contribution is 2.36. The van der Waals surface area contributed by atoms with Crippen molar-refractivity contribution in [3.8, 4) is 120 Å². The molecule has 21 heteroatoms. The van der Waals surface area contributed by atoms with Crippen LogP contribution in [0.15, 0.2) is 293 Å². The molecule has 594 valence electrons. The van der Waals surface area contributed by atoms with E-state index in [-0.39, 0.29) is 59.5 Å². The summed E-state index contributed by atoms with van der Waals surface area (Å²) in [4.78, 5) is 55.5. The van der Waals surface area contributed by atoms with Crippen LogP contribution in [-0.2, 0) is 59.5 Å². The number of pyridine rings is 12. The lowest BCUT2D eigenvalue weighted by Gasteiger charge is -2.17. The van der Waals surface area contributed by atoms with Gasteiger partial charge in [-0.3, -0.25) is 59.8 Å². The van der Waals surface area contributed by atoms with E-state index in [1.807, 2.05) is 260 Å². The second-order valence-corrected chi connectivity index (χ2v) is 29.3. The Bertz CT molecular complexity index is 5360. The standard InChI is InChI=1S/C99H84N12O9/c1-64-7-19-100-88(31-64)94-43-70(13-25-106-94)55-112-79-37-76(38-80(49-79)113-56-71-14-26-107-95(44-71)89-32-65(2)8-20-101-89)61-118-85-52-86(119-62-77-39-81(114-57-72-15-27-108-96(45-72)90-33-66(3)9-21-102-90)50-82(40-77)115-58-73-16-28-109-97(46-73)91-34-67(4)10-22-103-91)54-87(53-85)120-63-78-41-83(116-59-74-17-29-110-98(47-74)92-35-68(5)11-23-104-92)51-84(42-78)117-60-75-18-30-111-99(48-75)93-36-69(6)12-24-105-93/h7-54H,55-63H2,1-6H3. The largest absolute Gasteiger partial charge is 0.489 e. The van der Waals surface area contributed by atoms with Gasteiger partial charge in [0.05, 0.1) is 68.3 Å². The molecule has 0 unspecified atom stereocenters. The first-order valence-corrected chi connectivity index (χ1v) is 39.2. The lowest BCUT2D eigenvalue weighted by atomic mass is 10.1. The Morgan fingerprint density at radius 1 is 0.142 bits per heavy atom. The normalized spacial score (nSPS) is 11.1. The molecule has 21 nitrogen and oxygen atoms in total. The minimum atomic E-state index is 0.0649. The molecule has 0 atom stereocenters. The average molecular weight is 1590 g/mol. The summed E-state index contributed by atoms with van der Waals surface area (Å²) >= 11 is 0. The maximum Gasteiger partial charge on any atom is 0.127 e. The van der Waals surface area contributed by atoms with Gasteiger partial charge in [-0.15, -0.1) is 0 Å². The molecule has 0 saturated heterocycles. The number of hydrogen-bond acceptors (Lipinski definition) is 21. The van der Waals surface area contributed by atoms with Crippen molar-refractivity contribution in [2.45, 2.75) is 101 Å². The SMILES string of the molecule is Cc1ccnc(-c2cc(COc3cc(COc4cc(OCc5cc(OCc6ccnc(-c7cc(C)ccn7)c6)cc(OCc6ccnc(-c7cc(C)ccn7)c6)c5)cc(OCc5cc(OCc6ccnc(-c7cc(C)ccn7)c6)cc(OCc6ccnc(-c7cc(C)ccn7)c6)c5)c4)cc(OCc4ccnc(-c5cc(C)ccn5)c4)c3)ccn2)c1. The predicted octanol–water partition coefficient (Wildman–Crippen LogP) is 20.5. The topological polar surface area (TPSA) is 238 Å². The fraction of sp³-hybridized carbons (Fsp3) is 0.152. The number of rotatable bonds is 33. The van der Waals surface area contributed by atoms with Gasteiger partial charge in [0.2, 0.25) is 0 Å². The van der Waals surface area contributed by atoms with Gasteiger partial charge in [0, 0.05) is 111 Å². The van der Waals surface area contributed by atoms with Crippen LogP contribution in [0.1, 0.15) is 83.5 Å². The number of hydrogen-bond donors (Lipinski definition) is 0. The van der Waals surface area contributed by atoms with Gasteiger partial charge in [-0.1, -0.05) is 0 Å². The predicted molar refractivity (Wildman–Crippen MR) is 458 cm³/mol. The van der Waals surface area contributed by atoms with E-state index in [9.17, 15) is 0 Å². The van der Waals surface area contributed by atoms with Gasteiger partial charge in [-0.05, 0) is 307 Å².